The highest BCUT2D eigenvalue weighted by molar-refractivity contribution is 7.13. The molecule has 0 saturated heterocycles. The number of aryl methyl sites for hydroxylation is 2. The molecule has 4 rings (SSSR count). The molecule has 1 amide bonds. The Bertz CT molecular complexity index is 1230. The zero-order valence-corrected chi connectivity index (χ0v) is 16.6. The summed E-state index contributed by atoms with van der Waals surface area (Å²) in [5.74, 6) is -1.08. The van der Waals surface area contributed by atoms with Crippen molar-refractivity contribution in [2.75, 3.05) is 5.32 Å². The third-order valence-electron chi connectivity index (χ3n) is 4.35. The lowest BCUT2D eigenvalue weighted by molar-refractivity contribution is -0.274. The lowest BCUT2D eigenvalue weighted by atomic mass is 10.1. The van der Waals surface area contributed by atoms with Crippen LogP contribution in [0.4, 0.5) is 18.9 Å². The van der Waals surface area contributed by atoms with E-state index in [1.54, 1.807) is 24.7 Å². The normalized spacial score (nSPS) is 11.6. The summed E-state index contributed by atoms with van der Waals surface area (Å²) < 4.78 is 43.7. The maximum Gasteiger partial charge on any atom is 0.573 e. The number of rotatable bonds is 4. The number of amides is 1. The first-order chi connectivity index (χ1) is 14.2. The number of benzene rings is 1. The predicted octanol–water partition coefficient (Wildman–Crippen LogP) is 5.16. The second kappa shape index (κ2) is 7.45. The summed E-state index contributed by atoms with van der Waals surface area (Å²) in [5.41, 5.74) is 1.83. The molecule has 3 aromatic heterocycles. The molecule has 0 saturated carbocycles. The van der Waals surface area contributed by atoms with Crippen LogP contribution >= 0.6 is 11.3 Å². The Morgan fingerprint density at radius 3 is 2.67 bits per heavy atom. The van der Waals surface area contributed by atoms with E-state index in [4.69, 9.17) is 0 Å². The third kappa shape index (κ3) is 3.86. The van der Waals surface area contributed by atoms with Crippen molar-refractivity contribution in [2.45, 2.75) is 13.3 Å². The second-order valence-electron chi connectivity index (χ2n) is 6.44. The predicted molar refractivity (Wildman–Crippen MR) is 108 cm³/mol. The average molecular weight is 432 g/mol. The van der Waals surface area contributed by atoms with Gasteiger partial charge in [-0.1, -0.05) is 18.2 Å². The number of nitrogens with one attached hydrogen (secondary N) is 1. The number of hydrogen-bond acceptors (Lipinski definition) is 5. The number of para-hydroxylation sites is 2. The Labute approximate surface area is 172 Å². The SMILES string of the molecule is Cc1nn(C)c2nc(-c3cccs3)cc(C(=O)Nc3ccccc3OC(F)(F)F)c12. The smallest absolute Gasteiger partial charge is 0.404 e. The van der Waals surface area contributed by atoms with Gasteiger partial charge in [0, 0.05) is 7.05 Å². The topological polar surface area (TPSA) is 69.0 Å². The summed E-state index contributed by atoms with van der Waals surface area (Å²) in [7, 11) is 1.72. The van der Waals surface area contributed by atoms with E-state index >= 15 is 0 Å². The average Bonchev–Trinajstić information content (AvgIpc) is 3.30. The van der Waals surface area contributed by atoms with E-state index in [2.05, 4.69) is 20.1 Å². The van der Waals surface area contributed by atoms with Crippen LogP contribution in [0.3, 0.4) is 0 Å². The fraction of sp³-hybridized carbons (Fsp3) is 0.150. The Morgan fingerprint density at radius 2 is 1.97 bits per heavy atom. The molecule has 0 fully saturated rings. The number of anilines is 1. The molecular weight excluding hydrogens is 417 g/mol. The van der Waals surface area contributed by atoms with E-state index in [-0.39, 0.29) is 11.3 Å². The molecule has 6 nitrogen and oxygen atoms in total. The summed E-state index contributed by atoms with van der Waals surface area (Å²) in [5, 5.41) is 9.28. The number of ether oxygens (including phenoxy) is 1. The van der Waals surface area contributed by atoms with Crippen LogP contribution < -0.4 is 10.1 Å². The Balaban J connectivity index is 1.79. The molecule has 0 unspecified atom stereocenters. The zero-order chi connectivity index (χ0) is 21.5. The van der Waals surface area contributed by atoms with Crippen molar-refractivity contribution in [3.63, 3.8) is 0 Å². The largest absolute Gasteiger partial charge is 0.573 e. The fourth-order valence-electron chi connectivity index (χ4n) is 3.15. The van der Waals surface area contributed by atoms with Crippen LogP contribution in [0, 0.1) is 6.92 Å². The van der Waals surface area contributed by atoms with Gasteiger partial charge < -0.3 is 10.1 Å². The van der Waals surface area contributed by atoms with Gasteiger partial charge in [0.1, 0.15) is 0 Å². The number of nitrogens with zero attached hydrogens (tertiary/aromatic N) is 3. The van der Waals surface area contributed by atoms with E-state index in [1.807, 2.05) is 17.5 Å². The molecule has 0 spiro atoms. The quantitative estimate of drug-likeness (QED) is 0.484. The van der Waals surface area contributed by atoms with Gasteiger partial charge in [-0.3, -0.25) is 9.48 Å². The van der Waals surface area contributed by atoms with Crippen molar-refractivity contribution in [3.05, 3.63) is 59.1 Å². The van der Waals surface area contributed by atoms with E-state index in [0.29, 0.717) is 22.4 Å². The molecule has 0 atom stereocenters. The summed E-state index contributed by atoms with van der Waals surface area (Å²) in [6, 6.07) is 10.7. The van der Waals surface area contributed by atoms with Gasteiger partial charge >= 0.3 is 6.36 Å². The first-order valence-electron chi connectivity index (χ1n) is 8.77. The van der Waals surface area contributed by atoms with Crippen LogP contribution in [0.15, 0.2) is 47.8 Å². The molecule has 0 bridgehead atoms. The van der Waals surface area contributed by atoms with Gasteiger partial charge in [0.15, 0.2) is 11.4 Å². The number of alkyl halides is 3. The molecule has 30 heavy (non-hydrogen) atoms. The molecular formula is C20H15F3N4O2S. The van der Waals surface area contributed by atoms with Crippen molar-refractivity contribution < 1.29 is 22.7 Å². The summed E-state index contributed by atoms with van der Waals surface area (Å²) in [4.78, 5) is 18.6. The first-order valence-corrected chi connectivity index (χ1v) is 9.65. The molecule has 154 valence electrons. The van der Waals surface area contributed by atoms with Crippen LogP contribution in [-0.4, -0.2) is 27.0 Å². The van der Waals surface area contributed by atoms with Crippen molar-refractivity contribution >= 4 is 34.0 Å². The Morgan fingerprint density at radius 1 is 1.20 bits per heavy atom. The Kier molecular flexibility index (Phi) is 4.94. The summed E-state index contributed by atoms with van der Waals surface area (Å²) >= 11 is 1.46. The number of carbonyl (C=O) groups is 1. The van der Waals surface area contributed by atoms with Gasteiger partial charge in [-0.25, -0.2) is 4.98 Å². The molecule has 0 aliphatic rings. The number of halogens is 3. The highest BCUT2D eigenvalue weighted by Crippen LogP contribution is 2.32. The highest BCUT2D eigenvalue weighted by Gasteiger charge is 2.32. The van der Waals surface area contributed by atoms with Gasteiger partial charge in [0.25, 0.3) is 5.91 Å². The van der Waals surface area contributed by atoms with Crippen LogP contribution in [0.2, 0.25) is 0 Å². The van der Waals surface area contributed by atoms with Gasteiger partial charge in [-0.05, 0) is 36.6 Å². The van der Waals surface area contributed by atoms with E-state index in [1.165, 1.54) is 29.5 Å². The minimum atomic E-state index is -4.88. The number of carbonyl (C=O) groups excluding carboxylic acids is 1. The minimum Gasteiger partial charge on any atom is -0.404 e. The molecule has 1 N–H and O–H groups in total. The monoisotopic (exact) mass is 432 g/mol. The summed E-state index contributed by atoms with van der Waals surface area (Å²) in [6.07, 6.45) is -4.88. The number of thiophene rings is 1. The number of pyridine rings is 1. The summed E-state index contributed by atoms with van der Waals surface area (Å²) in [6.45, 7) is 1.74. The minimum absolute atomic E-state index is 0.0935. The molecule has 10 heteroatoms. The number of fused-ring (bicyclic) bond motifs is 1. The lowest BCUT2D eigenvalue weighted by Crippen LogP contribution is -2.19. The number of aromatic nitrogens is 3. The Hall–Kier alpha value is -3.40. The van der Waals surface area contributed by atoms with E-state index < -0.39 is 18.0 Å². The zero-order valence-electron chi connectivity index (χ0n) is 15.8. The standard InChI is InChI=1S/C20H15F3N4O2S/c1-11-17-12(10-14(16-8-5-9-30-16)24-18(17)27(2)26-11)19(28)25-13-6-3-4-7-15(13)29-20(21,22)23/h3-10H,1-2H3,(H,25,28). The van der Waals surface area contributed by atoms with Crippen molar-refractivity contribution in [1.29, 1.82) is 0 Å². The number of hydrogen-bond donors (Lipinski definition) is 1. The maximum atomic E-state index is 13.1. The van der Waals surface area contributed by atoms with Crippen LogP contribution in [0.5, 0.6) is 5.75 Å². The van der Waals surface area contributed by atoms with E-state index in [9.17, 15) is 18.0 Å². The van der Waals surface area contributed by atoms with Gasteiger partial charge in [-0.15, -0.1) is 24.5 Å². The second-order valence-corrected chi connectivity index (χ2v) is 7.39. The van der Waals surface area contributed by atoms with E-state index in [0.717, 1.165) is 10.9 Å². The van der Waals surface area contributed by atoms with Crippen molar-refractivity contribution in [2.24, 2.45) is 7.05 Å². The third-order valence-corrected chi connectivity index (χ3v) is 5.24. The molecule has 3 heterocycles. The molecule has 0 aliphatic carbocycles. The molecule has 0 aliphatic heterocycles. The molecule has 1 aromatic carbocycles. The van der Waals surface area contributed by atoms with Gasteiger partial charge in [-0.2, -0.15) is 5.10 Å². The van der Waals surface area contributed by atoms with Crippen LogP contribution in [-0.2, 0) is 7.05 Å². The molecule has 0 radical (unpaired) electrons. The van der Waals surface area contributed by atoms with Gasteiger partial charge in [0.2, 0.25) is 0 Å². The highest BCUT2D eigenvalue weighted by atomic mass is 32.1. The van der Waals surface area contributed by atoms with Crippen LogP contribution in [0.25, 0.3) is 21.6 Å². The van der Waals surface area contributed by atoms with Gasteiger partial charge in [0.05, 0.1) is 32.9 Å². The van der Waals surface area contributed by atoms with Crippen molar-refractivity contribution in [3.8, 4) is 16.3 Å². The van der Waals surface area contributed by atoms with Crippen molar-refractivity contribution in [1.82, 2.24) is 14.8 Å². The maximum absolute atomic E-state index is 13.1. The van der Waals surface area contributed by atoms with Crippen LogP contribution in [0.1, 0.15) is 16.1 Å². The first kappa shape index (κ1) is 19.9. The fourth-order valence-corrected chi connectivity index (χ4v) is 3.83. The molecule has 4 aromatic rings. The lowest BCUT2D eigenvalue weighted by Gasteiger charge is -2.14.